The molecule has 0 radical (unpaired) electrons. The van der Waals surface area contributed by atoms with E-state index in [1.54, 1.807) is 26.0 Å². The maximum Gasteiger partial charge on any atom is 0.374 e. The molecule has 0 aliphatic rings. The lowest BCUT2D eigenvalue weighted by Gasteiger charge is -2.13. The van der Waals surface area contributed by atoms with Crippen LogP contribution in [0.4, 0.5) is 4.39 Å². The molecule has 1 heterocycles. The van der Waals surface area contributed by atoms with Crippen LogP contribution in [-0.4, -0.2) is 27.7 Å². The number of halogens is 3. The van der Waals surface area contributed by atoms with Gasteiger partial charge < -0.3 is 9.84 Å². The minimum atomic E-state index is -1.24. The molecule has 1 aromatic carbocycles. The molecule has 5 nitrogen and oxygen atoms in total. The SMILES string of the molecule is CCOc1nc(C(=O)O)nc(C)c1Cc1ccc(Cl)cc1F.Cl. The quantitative estimate of drug-likeness (QED) is 0.880. The van der Waals surface area contributed by atoms with E-state index in [2.05, 4.69) is 9.97 Å². The molecule has 0 bridgehead atoms. The van der Waals surface area contributed by atoms with Crippen molar-refractivity contribution >= 4 is 30.0 Å². The Morgan fingerprint density at radius 1 is 1.39 bits per heavy atom. The molecule has 0 saturated carbocycles. The molecule has 1 aromatic heterocycles. The molecule has 0 amide bonds. The lowest BCUT2D eigenvalue weighted by atomic mass is 10.0. The number of aromatic nitrogens is 2. The van der Waals surface area contributed by atoms with Gasteiger partial charge in [-0.25, -0.2) is 14.2 Å². The van der Waals surface area contributed by atoms with Crippen molar-refractivity contribution in [2.45, 2.75) is 20.3 Å². The summed E-state index contributed by atoms with van der Waals surface area (Å²) in [6.45, 7) is 3.70. The predicted octanol–water partition coefficient (Wildman–Crippen LogP) is 3.69. The molecule has 0 fully saturated rings. The standard InChI is InChI=1S/C15H14ClFN2O3.ClH/c1-3-22-14-11(8(2)18-13(19-14)15(20)21)6-9-4-5-10(16)7-12(9)17;/h4-5,7H,3,6H2,1-2H3,(H,20,21);1H. The zero-order chi connectivity index (χ0) is 16.3. The molecule has 8 heteroatoms. The van der Waals surface area contributed by atoms with Crippen LogP contribution in [0.2, 0.25) is 5.02 Å². The fraction of sp³-hybridized carbons (Fsp3) is 0.267. The maximum atomic E-state index is 13.9. The van der Waals surface area contributed by atoms with Crippen LogP contribution in [0.3, 0.4) is 0 Å². The molecule has 0 aliphatic carbocycles. The number of aryl methyl sites for hydroxylation is 1. The van der Waals surface area contributed by atoms with Crippen LogP contribution in [0.15, 0.2) is 18.2 Å². The number of hydrogen-bond donors (Lipinski definition) is 1. The minimum absolute atomic E-state index is 0. The number of carboxylic acids is 1. The smallest absolute Gasteiger partial charge is 0.374 e. The second-order valence-corrected chi connectivity index (χ2v) is 5.00. The summed E-state index contributed by atoms with van der Waals surface area (Å²) in [6, 6.07) is 4.37. The molecule has 2 aromatic rings. The summed E-state index contributed by atoms with van der Waals surface area (Å²) in [5.41, 5.74) is 1.39. The average Bonchev–Trinajstić information content (AvgIpc) is 2.44. The molecule has 124 valence electrons. The second-order valence-electron chi connectivity index (χ2n) is 4.57. The molecule has 2 rings (SSSR count). The summed E-state index contributed by atoms with van der Waals surface area (Å²) in [7, 11) is 0. The van der Waals surface area contributed by atoms with Crippen molar-refractivity contribution in [3.8, 4) is 5.88 Å². The van der Waals surface area contributed by atoms with Crippen molar-refractivity contribution in [3.05, 3.63) is 51.7 Å². The third-order valence-electron chi connectivity index (χ3n) is 3.03. The number of ether oxygens (including phenoxy) is 1. The Hall–Kier alpha value is -1.92. The van der Waals surface area contributed by atoms with E-state index in [-0.39, 0.29) is 30.5 Å². The topological polar surface area (TPSA) is 72.3 Å². The summed E-state index contributed by atoms with van der Waals surface area (Å²) in [6.07, 6.45) is 0.185. The van der Waals surface area contributed by atoms with Crippen LogP contribution in [0.1, 0.15) is 34.4 Å². The van der Waals surface area contributed by atoms with Gasteiger partial charge in [-0.15, -0.1) is 12.4 Å². The van der Waals surface area contributed by atoms with E-state index in [1.165, 1.54) is 6.07 Å². The van der Waals surface area contributed by atoms with Gasteiger partial charge in [0.1, 0.15) is 5.82 Å². The number of rotatable bonds is 5. The van der Waals surface area contributed by atoms with E-state index in [9.17, 15) is 9.18 Å². The predicted molar refractivity (Wildman–Crippen MR) is 86.4 cm³/mol. The Morgan fingerprint density at radius 3 is 2.65 bits per heavy atom. The fourth-order valence-electron chi connectivity index (χ4n) is 1.98. The van der Waals surface area contributed by atoms with Gasteiger partial charge in [0.25, 0.3) is 0 Å². The average molecular weight is 361 g/mol. The Bertz CT molecular complexity index is 726. The van der Waals surface area contributed by atoms with Gasteiger partial charge in [0, 0.05) is 22.7 Å². The van der Waals surface area contributed by atoms with Crippen molar-refractivity contribution in [2.24, 2.45) is 0 Å². The maximum absolute atomic E-state index is 13.9. The first kappa shape index (κ1) is 19.1. The largest absolute Gasteiger partial charge is 0.478 e. The van der Waals surface area contributed by atoms with Crippen LogP contribution in [0.5, 0.6) is 5.88 Å². The molecule has 0 atom stereocenters. The number of carboxylic acid groups (broad SMARTS) is 1. The van der Waals surface area contributed by atoms with Gasteiger partial charge in [-0.3, -0.25) is 0 Å². The number of carbonyl (C=O) groups is 1. The lowest BCUT2D eigenvalue weighted by Crippen LogP contribution is -2.12. The van der Waals surface area contributed by atoms with Crippen LogP contribution in [-0.2, 0) is 6.42 Å². The minimum Gasteiger partial charge on any atom is -0.478 e. The molecule has 0 aliphatic heterocycles. The van der Waals surface area contributed by atoms with Gasteiger partial charge in [-0.05, 0) is 31.5 Å². The highest BCUT2D eigenvalue weighted by atomic mass is 35.5. The number of aromatic carboxylic acids is 1. The Morgan fingerprint density at radius 2 is 2.09 bits per heavy atom. The summed E-state index contributed by atoms with van der Waals surface area (Å²) in [4.78, 5) is 18.8. The van der Waals surface area contributed by atoms with Crippen molar-refractivity contribution in [3.63, 3.8) is 0 Å². The Labute approximate surface area is 143 Å². The fourth-order valence-corrected chi connectivity index (χ4v) is 2.14. The Balaban J connectivity index is 0.00000264. The third-order valence-corrected chi connectivity index (χ3v) is 3.27. The van der Waals surface area contributed by atoms with Gasteiger partial charge in [0.15, 0.2) is 0 Å². The van der Waals surface area contributed by atoms with Gasteiger partial charge in [0.2, 0.25) is 11.7 Å². The third kappa shape index (κ3) is 4.53. The van der Waals surface area contributed by atoms with Gasteiger partial charge in [-0.1, -0.05) is 17.7 Å². The van der Waals surface area contributed by atoms with E-state index < -0.39 is 11.8 Å². The van der Waals surface area contributed by atoms with E-state index in [1.807, 2.05) is 0 Å². The van der Waals surface area contributed by atoms with Crippen LogP contribution in [0.25, 0.3) is 0 Å². The van der Waals surface area contributed by atoms with E-state index >= 15 is 0 Å². The lowest BCUT2D eigenvalue weighted by molar-refractivity contribution is 0.0681. The summed E-state index contributed by atoms with van der Waals surface area (Å²) in [5, 5.41) is 9.31. The van der Waals surface area contributed by atoms with Crippen LogP contribution >= 0.6 is 24.0 Å². The van der Waals surface area contributed by atoms with Gasteiger partial charge >= 0.3 is 5.97 Å². The highest BCUT2D eigenvalue weighted by Crippen LogP contribution is 2.25. The van der Waals surface area contributed by atoms with Crippen molar-refractivity contribution in [2.75, 3.05) is 6.61 Å². The first-order valence-corrected chi connectivity index (χ1v) is 6.97. The van der Waals surface area contributed by atoms with Crippen molar-refractivity contribution in [1.82, 2.24) is 9.97 Å². The molecule has 0 saturated heterocycles. The monoisotopic (exact) mass is 360 g/mol. The molecular formula is C15H15Cl2FN2O3. The zero-order valence-corrected chi connectivity index (χ0v) is 14.0. The summed E-state index contributed by atoms with van der Waals surface area (Å²) in [5.74, 6) is -1.88. The van der Waals surface area contributed by atoms with Gasteiger partial charge in [-0.2, -0.15) is 4.98 Å². The molecule has 1 N–H and O–H groups in total. The molecule has 23 heavy (non-hydrogen) atoms. The molecular weight excluding hydrogens is 346 g/mol. The second kappa shape index (κ2) is 8.08. The van der Waals surface area contributed by atoms with E-state index in [0.29, 0.717) is 28.5 Å². The number of nitrogens with zero attached hydrogens (tertiary/aromatic N) is 2. The zero-order valence-electron chi connectivity index (χ0n) is 12.5. The first-order valence-electron chi connectivity index (χ1n) is 6.60. The van der Waals surface area contributed by atoms with Gasteiger partial charge in [0.05, 0.1) is 6.61 Å². The van der Waals surface area contributed by atoms with E-state index in [4.69, 9.17) is 21.4 Å². The molecule has 0 spiro atoms. The number of hydrogen-bond acceptors (Lipinski definition) is 4. The van der Waals surface area contributed by atoms with E-state index in [0.717, 1.165) is 0 Å². The first-order chi connectivity index (χ1) is 10.4. The van der Waals surface area contributed by atoms with Crippen LogP contribution < -0.4 is 4.74 Å². The molecule has 0 unspecified atom stereocenters. The highest BCUT2D eigenvalue weighted by Gasteiger charge is 2.18. The highest BCUT2D eigenvalue weighted by molar-refractivity contribution is 6.30. The number of benzene rings is 1. The summed E-state index contributed by atoms with van der Waals surface area (Å²) < 4.78 is 19.3. The van der Waals surface area contributed by atoms with Crippen molar-refractivity contribution < 1.29 is 19.0 Å². The summed E-state index contributed by atoms with van der Waals surface area (Å²) >= 11 is 5.73. The normalized spacial score (nSPS) is 10.1. The van der Waals surface area contributed by atoms with Crippen LogP contribution in [0, 0.1) is 12.7 Å². The Kier molecular flexibility index (Phi) is 6.72. The van der Waals surface area contributed by atoms with Crippen molar-refractivity contribution in [1.29, 1.82) is 0 Å².